The van der Waals surface area contributed by atoms with Gasteiger partial charge < -0.3 is 15.0 Å². The van der Waals surface area contributed by atoms with E-state index < -0.39 is 10.0 Å². The number of sulfonamides is 1. The van der Waals surface area contributed by atoms with E-state index in [0.29, 0.717) is 35.1 Å². The van der Waals surface area contributed by atoms with E-state index in [1.165, 1.54) is 26.0 Å². The Morgan fingerprint density at radius 1 is 1.06 bits per heavy atom. The van der Waals surface area contributed by atoms with Crippen LogP contribution in [0.3, 0.4) is 0 Å². The number of nitrogens with zero attached hydrogens (tertiary/aromatic N) is 3. The maximum atomic E-state index is 14.0. The minimum atomic E-state index is -3.56. The van der Waals surface area contributed by atoms with Crippen LogP contribution in [0.5, 0.6) is 5.75 Å². The molecule has 1 saturated heterocycles. The van der Waals surface area contributed by atoms with Gasteiger partial charge in [0.15, 0.2) is 0 Å². The first-order chi connectivity index (χ1) is 16.9. The smallest absolute Gasteiger partial charge is 0.240 e. The predicted octanol–water partition coefficient (Wildman–Crippen LogP) is 3.91. The largest absolute Gasteiger partial charge is 0.497 e. The number of nitrogens with one attached hydrogen (secondary N) is 2. The van der Waals surface area contributed by atoms with Gasteiger partial charge in [0.05, 0.1) is 12.0 Å². The zero-order valence-electron chi connectivity index (χ0n) is 19.4. The van der Waals surface area contributed by atoms with Gasteiger partial charge in [-0.1, -0.05) is 12.2 Å². The first-order valence-electron chi connectivity index (χ1n) is 11.4. The molecule has 0 atom stereocenters. The van der Waals surface area contributed by atoms with Crippen LogP contribution in [0.2, 0.25) is 0 Å². The summed E-state index contributed by atoms with van der Waals surface area (Å²) >= 11 is 0. The highest BCUT2D eigenvalue weighted by molar-refractivity contribution is 7.89. The van der Waals surface area contributed by atoms with E-state index >= 15 is 0 Å². The van der Waals surface area contributed by atoms with Crippen molar-refractivity contribution in [3.05, 3.63) is 71.8 Å². The van der Waals surface area contributed by atoms with Gasteiger partial charge in [-0.2, -0.15) is 0 Å². The number of benzene rings is 2. The summed E-state index contributed by atoms with van der Waals surface area (Å²) in [4.78, 5) is 11.0. The monoisotopic (exact) mass is 497 g/mol. The molecule has 2 heterocycles. The molecule has 0 spiro atoms. The molecule has 2 aromatic carbocycles. The Morgan fingerprint density at radius 2 is 1.77 bits per heavy atom. The number of hydrogen-bond acceptors (Lipinski definition) is 7. The number of methoxy groups -OCH3 is 1. The molecule has 2 N–H and O–H groups in total. The highest BCUT2D eigenvalue weighted by Crippen LogP contribution is 2.20. The highest BCUT2D eigenvalue weighted by atomic mass is 32.2. The van der Waals surface area contributed by atoms with Crippen LogP contribution in [0.15, 0.2) is 59.8 Å². The van der Waals surface area contributed by atoms with Crippen molar-refractivity contribution in [1.29, 1.82) is 0 Å². The summed E-state index contributed by atoms with van der Waals surface area (Å²) in [5.74, 6) is 0.570. The summed E-state index contributed by atoms with van der Waals surface area (Å²) < 4.78 is 46.8. The zero-order valence-corrected chi connectivity index (χ0v) is 20.3. The zero-order chi connectivity index (χ0) is 24.7. The number of rotatable bonds is 10. The molecule has 1 aliphatic heterocycles. The second kappa shape index (κ2) is 11.4. The molecule has 0 unspecified atom stereocenters. The minimum absolute atomic E-state index is 0.204. The van der Waals surface area contributed by atoms with E-state index in [-0.39, 0.29) is 10.7 Å². The van der Waals surface area contributed by atoms with Crippen molar-refractivity contribution in [2.45, 2.75) is 17.7 Å². The number of hydrogen-bond donors (Lipinski definition) is 2. The molecule has 10 heteroatoms. The summed E-state index contributed by atoms with van der Waals surface area (Å²) in [5.41, 5.74) is 1.74. The van der Waals surface area contributed by atoms with Gasteiger partial charge >= 0.3 is 0 Å². The fraction of sp³-hybridized carbons (Fsp3) is 0.280. The van der Waals surface area contributed by atoms with Crippen LogP contribution < -0.4 is 14.8 Å². The van der Waals surface area contributed by atoms with Gasteiger partial charge in [0.25, 0.3) is 0 Å². The summed E-state index contributed by atoms with van der Waals surface area (Å²) in [6.45, 7) is 3.17. The van der Waals surface area contributed by atoms with Crippen molar-refractivity contribution in [3.8, 4) is 5.75 Å². The van der Waals surface area contributed by atoms with Crippen LogP contribution in [0.25, 0.3) is 12.2 Å². The van der Waals surface area contributed by atoms with Crippen LogP contribution in [0.4, 0.5) is 16.0 Å². The fourth-order valence-electron chi connectivity index (χ4n) is 3.73. The van der Waals surface area contributed by atoms with Gasteiger partial charge in [0.2, 0.25) is 16.0 Å². The molecule has 0 bridgehead atoms. The van der Waals surface area contributed by atoms with Crippen molar-refractivity contribution in [1.82, 2.24) is 19.6 Å². The number of aromatic nitrogens is 2. The third-order valence-electron chi connectivity index (χ3n) is 5.67. The Balaban J connectivity index is 1.33. The lowest BCUT2D eigenvalue weighted by Gasteiger charge is -2.15. The molecular formula is C25H28FN5O3S. The van der Waals surface area contributed by atoms with Gasteiger partial charge in [-0.05, 0) is 68.4 Å². The average molecular weight is 498 g/mol. The molecule has 1 aliphatic rings. The summed E-state index contributed by atoms with van der Waals surface area (Å²) in [6, 6.07) is 10.9. The van der Waals surface area contributed by atoms with E-state index in [0.717, 1.165) is 19.6 Å². The highest BCUT2D eigenvalue weighted by Gasteiger charge is 2.16. The normalized spacial score (nSPS) is 14.5. The first-order valence-corrected chi connectivity index (χ1v) is 12.8. The summed E-state index contributed by atoms with van der Waals surface area (Å²) in [5, 5.41) is 3.04. The Hall–Kier alpha value is -3.34. The SMILES string of the molecule is COc1ccc(F)c(C=Cc2cnc(Nc3ccc(S(=O)(=O)NCCN4CCCC4)cc3)nc2)c1. The Labute approximate surface area is 204 Å². The van der Waals surface area contributed by atoms with Gasteiger partial charge in [0.1, 0.15) is 11.6 Å². The standard InChI is InChI=1S/C25H28FN5O3S/c1-34-22-8-11-24(26)20(16-22)5-4-19-17-27-25(28-18-19)30-21-6-9-23(10-7-21)35(32,33)29-12-15-31-13-2-3-14-31/h4-11,16-18,29H,2-3,12-15H2,1H3,(H,27,28,30). The summed E-state index contributed by atoms with van der Waals surface area (Å²) in [6.07, 6.45) is 8.89. The number of ether oxygens (including phenoxy) is 1. The molecule has 0 radical (unpaired) electrons. The second-order valence-electron chi connectivity index (χ2n) is 8.16. The number of halogens is 1. The van der Waals surface area contributed by atoms with Gasteiger partial charge in [-0.25, -0.2) is 27.5 Å². The third kappa shape index (κ3) is 6.84. The minimum Gasteiger partial charge on any atom is -0.497 e. The van der Waals surface area contributed by atoms with Crippen molar-refractivity contribution < 1.29 is 17.5 Å². The van der Waals surface area contributed by atoms with Gasteiger partial charge in [-0.3, -0.25) is 0 Å². The molecule has 8 nitrogen and oxygen atoms in total. The van der Waals surface area contributed by atoms with Crippen LogP contribution in [0, 0.1) is 5.82 Å². The van der Waals surface area contributed by atoms with Gasteiger partial charge in [-0.15, -0.1) is 0 Å². The fourth-order valence-corrected chi connectivity index (χ4v) is 4.75. The van der Waals surface area contributed by atoms with Crippen molar-refractivity contribution in [3.63, 3.8) is 0 Å². The topological polar surface area (TPSA) is 96.4 Å². The quantitative estimate of drug-likeness (QED) is 0.438. The molecule has 0 saturated carbocycles. The number of anilines is 2. The Kier molecular flexibility index (Phi) is 8.06. The predicted molar refractivity (Wildman–Crippen MR) is 134 cm³/mol. The third-order valence-corrected chi connectivity index (χ3v) is 7.15. The molecule has 1 fully saturated rings. The van der Waals surface area contributed by atoms with Crippen LogP contribution in [-0.2, 0) is 10.0 Å². The lowest BCUT2D eigenvalue weighted by atomic mass is 10.1. The molecule has 0 aliphatic carbocycles. The number of likely N-dealkylation sites (tertiary alicyclic amines) is 1. The molecular weight excluding hydrogens is 469 g/mol. The Morgan fingerprint density at radius 3 is 2.46 bits per heavy atom. The van der Waals surface area contributed by atoms with E-state index in [1.54, 1.807) is 60.9 Å². The van der Waals surface area contributed by atoms with E-state index in [1.807, 2.05) is 0 Å². The van der Waals surface area contributed by atoms with Crippen LogP contribution in [0.1, 0.15) is 24.0 Å². The molecule has 0 amide bonds. The Bertz CT molecular complexity index is 1260. The molecule has 184 valence electrons. The molecule has 4 rings (SSSR count). The maximum absolute atomic E-state index is 14.0. The molecule has 1 aromatic heterocycles. The van der Waals surface area contributed by atoms with Crippen molar-refractivity contribution in [2.24, 2.45) is 0 Å². The van der Waals surface area contributed by atoms with E-state index in [9.17, 15) is 12.8 Å². The second-order valence-corrected chi connectivity index (χ2v) is 9.92. The first kappa shape index (κ1) is 24.8. The summed E-state index contributed by atoms with van der Waals surface area (Å²) in [7, 11) is -2.03. The van der Waals surface area contributed by atoms with Crippen molar-refractivity contribution in [2.75, 3.05) is 38.6 Å². The van der Waals surface area contributed by atoms with E-state index in [4.69, 9.17) is 4.74 Å². The lowest BCUT2D eigenvalue weighted by molar-refractivity contribution is 0.344. The molecule has 35 heavy (non-hydrogen) atoms. The maximum Gasteiger partial charge on any atom is 0.240 e. The van der Waals surface area contributed by atoms with Crippen molar-refractivity contribution >= 4 is 33.8 Å². The van der Waals surface area contributed by atoms with E-state index in [2.05, 4.69) is 24.9 Å². The van der Waals surface area contributed by atoms with Gasteiger partial charge in [0, 0.05) is 42.3 Å². The average Bonchev–Trinajstić information content (AvgIpc) is 3.38. The molecule has 3 aromatic rings. The van der Waals surface area contributed by atoms with Crippen LogP contribution >= 0.6 is 0 Å². The van der Waals surface area contributed by atoms with Crippen LogP contribution in [-0.4, -0.2) is 56.6 Å². The lowest BCUT2D eigenvalue weighted by Crippen LogP contribution is -2.33.